The second-order valence-corrected chi connectivity index (χ2v) is 7.21. The molecule has 0 radical (unpaired) electrons. The monoisotopic (exact) mass is 336 g/mol. The molecule has 124 valence electrons. The summed E-state index contributed by atoms with van der Waals surface area (Å²) < 4.78 is 17.3. The first-order valence-electron chi connectivity index (χ1n) is 6.41. The lowest BCUT2D eigenvalue weighted by Gasteiger charge is -2.25. The lowest BCUT2D eigenvalue weighted by Crippen LogP contribution is -2.40. The zero-order chi connectivity index (χ0) is 16.7. The number of aliphatic hydroxyl groups is 2. The third kappa shape index (κ3) is 3.72. The van der Waals surface area contributed by atoms with E-state index in [-0.39, 0.29) is 6.42 Å². The van der Waals surface area contributed by atoms with Gasteiger partial charge in [-0.2, -0.15) is 0 Å². The molecule has 1 saturated heterocycles. The molecular formula is C11H17N2O8P. The number of nitrogens with one attached hydrogen (secondary N) is 1. The van der Waals surface area contributed by atoms with Crippen molar-refractivity contribution in [1.82, 2.24) is 9.55 Å². The van der Waals surface area contributed by atoms with Gasteiger partial charge in [0.15, 0.2) is 6.23 Å². The van der Waals surface area contributed by atoms with E-state index in [1.807, 2.05) is 4.98 Å². The number of aliphatic hydroxyl groups excluding tert-OH is 1. The molecule has 2 heterocycles. The van der Waals surface area contributed by atoms with Crippen molar-refractivity contribution in [2.24, 2.45) is 0 Å². The summed E-state index contributed by atoms with van der Waals surface area (Å²) in [6.45, 7) is 1.36. The van der Waals surface area contributed by atoms with Crippen LogP contribution < -0.4 is 11.2 Å². The van der Waals surface area contributed by atoms with E-state index in [9.17, 15) is 24.4 Å². The van der Waals surface area contributed by atoms with E-state index >= 15 is 0 Å². The van der Waals surface area contributed by atoms with Crippen LogP contribution in [0.3, 0.4) is 0 Å². The molecule has 0 amide bonds. The average molecular weight is 336 g/mol. The van der Waals surface area contributed by atoms with Crippen LogP contribution in [0.5, 0.6) is 0 Å². The van der Waals surface area contributed by atoms with E-state index < -0.39 is 49.0 Å². The summed E-state index contributed by atoms with van der Waals surface area (Å²) in [6.07, 6.45) is -3.58. The number of aromatic nitrogens is 2. The number of ether oxygens (including phenoxy) is 1. The average Bonchev–Trinajstić information content (AvgIpc) is 2.63. The Balaban J connectivity index is 2.26. The molecule has 4 unspecified atom stereocenters. The van der Waals surface area contributed by atoms with Crippen molar-refractivity contribution in [2.45, 2.75) is 37.4 Å². The van der Waals surface area contributed by atoms with Crippen molar-refractivity contribution in [1.29, 1.82) is 0 Å². The highest BCUT2D eigenvalue weighted by Crippen LogP contribution is 2.42. The Labute approximate surface area is 124 Å². The Kier molecular flexibility index (Phi) is 4.44. The van der Waals surface area contributed by atoms with Crippen molar-refractivity contribution in [3.8, 4) is 0 Å². The van der Waals surface area contributed by atoms with Crippen LogP contribution in [0.4, 0.5) is 0 Å². The van der Waals surface area contributed by atoms with Gasteiger partial charge in [-0.1, -0.05) is 0 Å². The Morgan fingerprint density at radius 1 is 1.55 bits per heavy atom. The van der Waals surface area contributed by atoms with E-state index in [0.29, 0.717) is 0 Å². The van der Waals surface area contributed by atoms with Crippen molar-refractivity contribution in [2.75, 3.05) is 6.16 Å². The lowest BCUT2D eigenvalue weighted by molar-refractivity contribution is -0.100. The first-order chi connectivity index (χ1) is 9.99. The molecule has 10 nitrogen and oxygen atoms in total. The zero-order valence-corrected chi connectivity index (χ0v) is 12.5. The number of aromatic amines is 1. The van der Waals surface area contributed by atoms with Gasteiger partial charge in [0.25, 0.3) is 5.56 Å². The van der Waals surface area contributed by atoms with Gasteiger partial charge in [0.2, 0.25) is 0 Å². The van der Waals surface area contributed by atoms with Crippen molar-refractivity contribution in [3.63, 3.8) is 0 Å². The molecule has 2 rings (SSSR count). The molecule has 1 fully saturated rings. The summed E-state index contributed by atoms with van der Waals surface area (Å²) in [7, 11) is -4.45. The Morgan fingerprint density at radius 2 is 2.18 bits per heavy atom. The van der Waals surface area contributed by atoms with Crippen LogP contribution in [0, 0.1) is 0 Å². The summed E-state index contributed by atoms with van der Waals surface area (Å²) in [5.41, 5.74) is -2.98. The molecule has 0 aromatic carbocycles. The Bertz CT molecular complexity index is 705. The summed E-state index contributed by atoms with van der Waals surface area (Å²) in [5, 5.41) is 20.2. The number of H-pyrrole nitrogens is 1. The van der Waals surface area contributed by atoms with Crippen LogP contribution in [0.25, 0.3) is 0 Å². The van der Waals surface area contributed by atoms with Gasteiger partial charge in [0.1, 0.15) is 5.60 Å². The van der Waals surface area contributed by atoms with Gasteiger partial charge < -0.3 is 24.7 Å². The van der Waals surface area contributed by atoms with Crippen LogP contribution in [-0.4, -0.2) is 53.5 Å². The minimum atomic E-state index is -4.45. The first kappa shape index (κ1) is 17.1. The molecular weight excluding hydrogens is 319 g/mol. The minimum absolute atomic E-state index is 0.135. The third-order valence-corrected chi connectivity index (χ3v) is 4.26. The number of hydrogen-bond acceptors (Lipinski definition) is 6. The zero-order valence-electron chi connectivity index (χ0n) is 11.6. The highest BCUT2D eigenvalue weighted by molar-refractivity contribution is 7.51. The fourth-order valence-electron chi connectivity index (χ4n) is 2.43. The van der Waals surface area contributed by atoms with Gasteiger partial charge in [0, 0.05) is 18.7 Å². The maximum absolute atomic E-state index is 11.7. The van der Waals surface area contributed by atoms with E-state index in [0.717, 1.165) is 16.8 Å². The van der Waals surface area contributed by atoms with Gasteiger partial charge >= 0.3 is 13.3 Å². The second-order valence-electron chi connectivity index (χ2n) is 5.52. The molecule has 1 aliphatic heterocycles. The van der Waals surface area contributed by atoms with Gasteiger partial charge in [-0.05, 0) is 6.92 Å². The fraction of sp³-hybridized carbons (Fsp3) is 0.636. The van der Waals surface area contributed by atoms with E-state index in [2.05, 4.69) is 0 Å². The predicted molar refractivity (Wildman–Crippen MR) is 73.4 cm³/mol. The molecule has 1 aromatic heterocycles. The second kappa shape index (κ2) is 5.73. The van der Waals surface area contributed by atoms with Gasteiger partial charge in [-0.25, -0.2) is 4.79 Å². The molecule has 5 N–H and O–H groups in total. The molecule has 0 bridgehead atoms. The molecule has 0 aliphatic carbocycles. The van der Waals surface area contributed by atoms with Crippen molar-refractivity contribution in [3.05, 3.63) is 33.1 Å². The Morgan fingerprint density at radius 3 is 2.73 bits per heavy atom. The van der Waals surface area contributed by atoms with E-state index in [1.54, 1.807) is 0 Å². The highest BCUT2D eigenvalue weighted by Gasteiger charge is 2.48. The topological polar surface area (TPSA) is 162 Å². The van der Waals surface area contributed by atoms with Crippen LogP contribution in [0.1, 0.15) is 19.6 Å². The molecule has 0 spiro atoms. The van der Waals surface area contributed by atoms with E-state index in [1.165, 1.54) is 6.92 Å². The third-order valence-electron chi connectivity index (χ3n) is 3.41. The first-order valence-corrected chi connectivity index (χ1v) is 8.21. The van der Waals surface area contributed by atoms with E-state index in [4.69, 9.17) is 14.5 Å². The largest absolute Gasteiger partial charge is 0.390 e. The summed E-state index contributed by atoms with van der Waals surface area (Å²) >= 11 is 0. The fourth-order valence-corrected chi connectivity index (χ4v) is 3.16. The van der Waals surface area contributed by atoms with Crippen molar-refractivity contribution < 1.29 is 29.3 Å². The number of hydrogen-bond donors (Lipinski definition) is 5. The molecule has 11 heteroatoms. The van der Waals surface area contributed by atoms with Gasteiger partial charge in [-0.15, -0.1) is 0 Å². The Hall–Kier alpha value is -1.29. The standard InChI is InChI=1S/C11H17N2O8P/c1-11(17)4-7(6(14)5-22(18,19)20)21-9(11)13-3-2-8(15)12-10(13)16/h2-3,6-7,9,14,17H,4-5H2,1H3,(H,12,15,16)(H2,18,19,20). The van der Waals surface area contributed by atoms with Gasteiger partial charge in [0.05, 0.1) is 18.4 Å². The predicted octanol–water partition coefficient (Wildman–Crippen LogP) is -1.89. The molecule has 0 saturated carbocycles. The summed E-state index contributed by atoms with van der Waals surface area (Å²) in [6, 6.07) is 1.07. The molecule has 22 heavy (non-hydrogen) atoms. The van der Waals surface area contributed by atoms with Crippen LogP contribution >= 0.6 is 7.60 Å². The smallest absolute Gasteiger partial charge is 0.330 e. The number of nitrogens with zero attached hydrogens (tertiary/aromatic N) is 1. The highest BCUT2D eigenvalue weighted by atomic mass is 31.2. The van der Waals surface area contributed by atoms with Crippen LogP contribution in [0.2, 0.25) is 0 Å². The molecule has 1 aromatic rings. The normalized spacial score (nSPS) is 30.4. The quantitative estimate of drug-likeness (QED) is 0.399. The van der Waals surface area contributed by atoms with Crippen molar-refractivity contribution >= 4 is 7.60 Å². The lowest BCUT2D eigenvalue weighted by atomic mass is 9.98. The van der Waals surface area contributed by atoms with Gasteiger partial charge in [-0.3, -0.25) is 18.9 Å². The minimum Gasteiger partial charge on any atom is -0.390 e. The maximum Gasteiger partial charge on any atom is 0.330 e. The maximum atomic E-state index is 11.7. The van der Waals surface area contributed by atoms with Crippen LogP contribution in [0.15, 0.2) is 21.9 Å². The summed E-state index contributed by atoms with van der Waals surface area (Å²) in [4.78, 5) is 42.6. The SMILES string of the molecule is CC1(O)CC(C(O)CP(=O)(O)O)OC1n1ccc(=O)[nH]c1=O. The number of rotatable bonds is 4. The molecule has 1 aliphatic rings. The van der Waals surface area contributed by atoms with Crippen LogP contribution in [-0.2, 0) is 9.30 Å². The molecule has 4 atom stereocenters. The summed E-state index contributed by atoms with van der Waals surface area (Å²) in [5.74, 6) is 0.